The van der Waals surface area contributed by atoms with Crippen LogP contribution in [0.2, 0.25) is 0 Å². The van der Waals surface area contributed by atoms with E-state index in [1.807, 2.05) is 24.3 Å². The number of carbonyl (C=O) groups excluding carboxylic acids is 1. The molecule has 0 spiro atoms. The largest absolute Gasteiger partial charge is 0.451 e. The zero-order valence-electron chi connectivity index (χ0n) is 18.7. The molecule has 4 atom stereocenters. The standard InChI is InChI=1S/C25H27N5O4/c31-12-19-21-11-30-20(5-4-18(25(30)33)15-6-8-26-9-7-15)23(29(21)10-17-13-34-14-27-17)22(19)24(32)28-16-2-1-3-16/h4-9,13-14,16,19,21-23,31H,1-3,10-12H2,(H,28,32)/t19-,21-,22+,23+/m0/s1. The van der Waals surface area contributed by atoms with E-state index in [1.54, 1.807) is 23.2 Å². The Hall–Kier alpha value is -3.30. The van der Waals surface area contributed by atoms with Crippen LogP contribution in [0.25, 0.3) is 11.1 Å². The van der Waals surface area contributed by atoms with Gasteiger partial charge >= 0.3 is 0 Å². The Bertz CT molecular complexity index is 1240. The molecule has 9 heteroatoms. The molecule has 0 aromatic carbocycles. The zero-order chi connectivity index (χ0) is 23.2. The van der Waals surface area contributed by atoms with E-state index in [9.17, 15) is 14.7 Å². The van der Waals surface area contributed by atoms with Crippen molar-refractivity contribution in [3.63, 3.8) is 0 Å². The summed E-state index contributed by atoms with van der Waals surface area (Å²) in [5, 5.41) is 13.6. The average molecular weight is 462 g/mol. The van der Waals surface area contributed by atoms with E-state index >= 15 is 0 Å². The van der Waals surface area contributed by atoms with E-state index in [0.717, 1.165) is 36.2 Å². The molecule has 3 aromatic rings. The number of amides is 1. The molecule has 3 aromatic heterocycles. The first-order valence-corrected chi connectivity index (χ1v) is 11.8. The molecule has 6 rings (SSSR count). The number of hydrogen-bond donors (Lipinski definition) is 2. The van der Waals surface area contributed by atoms with E-state index in [1.165, 1.54) is 6.39 Å². The Balaban J connectivity index is 1.44. The van der Waals surface area contributed by atoms with Gasteiger partial charge in [0.2, 0.25) is 5.91 Å². The van der Waals surface area contributed by atoms with Crippen LogP contribution >= 0.6 is 0 Å². The number of nitrogens with zero attached hydrogens (tertiary/aromatic N) is 4. The summed E-state index contributed by atoms with van der Waals surface area (Å²) in [7, 11) is 0. The van der Waals surface area contributed by atoms with Crippen molar-refractivity contribution < 1.29 is 14.3 Å². The Morgan fingerprint density at radius 1 is 1.21 bits per heavy atom. The van der Waals surface area contributed by atoms with Gasteiger partial charge in [0.25, 0.3) is 5.56 Å². The predicted molar refractivity (Wildman–Crippen MR) is 122 cm³/mol. The zero-order valence-corrected chi connectivity index (χ0v) is 18.7. The highest BCUT2D eigenvalue weighted by molar-refractivity contribution is 5.81. The minimum atomic E-state index is -0.456. The summed E-state index contributed by atoms with van der Waals surface area (Å²) in [5.74, 6) is -0.788. The van der Waals surface area contributed by atoms with Gasteiger partial charge in [0, 0.05) is 61.3 Å². The van der Waals surface area contributed by atoms with Crippen LogP contribution in [-0.4, -0.2) is 49.1 Å². The third-order valence-electron chi connectivity index (χ3n) is 7.74. The van der Waals surface area contributed by atoms with Gasteiger partial charge in [-0.3, -0.25) is 19.5 Å². The average Bonchev–Trinajstić information content (AvgIpc) is 3.41. The summed E-state index contributed by atoms with van der Waals surface area (Å²) in [4.78, 5) is 37.7. The highest BCUT2D eigenvalue weighted by atomic mass is 16.3. The molecule has 2 bridgehead atoms. The number of nitrogens with one attached hydrogen (secondary N) is 1. The second kappa shape index (κ2) is 8.48. The maximum absolute atomic E-state index is 13.6. The first kappa shape index (κ1) is 21.2. The van der Waals surface area contributed by atoms with Gasteiger partial charge in [-0.25, -0.2) is 4.98 Å². The maximum atomic E-state index is 13.6. The summed E-state index contributed by atoms with van der Waals surface area (Å²) >= 11 is 0. The molecule has 34 heavy (non-hydrogen) atoms. The SMILES string of the molecule is O=C(NC1CCC1)[C@@H]1[C@@H](CO)[C@@H]2Cn3c(ccc(-c4ccncc4)c3=O)[C@H]1N2Cc1cocn1. The first-order valence-electron chi connectivity index (χ1n) is 11.8. The quantitative estimate of drug-likeness (QED) is 0.575. The number of oxazole rings is 1. The van der Waals surface area contributed by atoms with Crippen LogP contribution in [0.5, 0.6) is 0 Å². The van der Waals surface area contributed by atoms with Crippen LogP contribution in [0.1, 0.15) is 36.7 Å². The number of hydrogen-bond acceptors (Lipinski definition) is 7. The minimum absolute atomic E-state index is 0.0412. The van der Waals surface area contributed by atoms with Gasteiger partial charge in [-0.05, 0) is 49.1 Å². The van der Waals surface area contributed by atoms with Crippen LogP contribution in [0.4, 0.5) is 0 Å². The van der Waals surface area contributed by atoms with E-state index in [-0.39, 0.29) is 42.1 Å². The lowest BCUT2D eigenvalue weighted by Gasteiger charge is -2.38. The number of rotatable bonds is 6. The maximum Gasteiger partial charge on any atom is 0.258 e. The number of pyridine rings is 2. The molecule has 2 aliphatic heterocycles. The summed E-state index contributed by atoms with van der Waals surface area (Å²) < 4.78 is 6.97. The topological polar surface area (TPSA) is 113 Å². The molecule has 176 valence electrons. The predicted octanol–water partition coefficient (Wildman–Crippen LogP) is 1.73. The van der Waals surface area contributed by atoms with Crippen molar-refractivity contribution in [1.29, 1.82) is 0 Å². The highest BCUT2D eigenvalue weighted by Crippen LogP contribution is 2.49. The first-order chi connectivity index (χ1) is 16.7. The summed E-state index contributed by atoms with van der Waals surface area (Å²) in [5.41, 5.74) is 2.89. The molecule has 0 unspecified atom stereocenters. The molecule has 1 saturated heterocycles. The molecule has 5 heterocycles. The van der Waals surface area contributed by atoms with Crippen molar-refractivity contribution in [1.82, 2.24) is 24.8 Å². The van der Waals surface area contributed by atoms with Gasteiger partial charge in [-0.1, -0.05) is 0 Å². The van der Waals surface area contributed by atoms with Crippen molar-refractivity contribution in [2.75, 3.05) is 6.61 Å². The second-order valence-electron chi connectivity index (χ2n) is 9.50. The Morgan fingerprint density at radius 3 is 2.71 bits per heavy atom. The van der Waals surface area contributed by atoms with E-state index < -0.39 is 5.92 Å². The van der Waals surface area contributed by atoms with Gasteiger partial charge < -0.3 is 19.4 Å². The van der Waals surface area contributed by atoms with Crippen LogP contribution in [0.15, 0.2) is 58.5 Å². The van der Waals surface area contributed by atoms with E-state index in [2.05, 4.69) is 20.2 Å². The normalized spacial score (nSPS) is 26.1. The fourth-order valence-electron chi connectivity index (χ4n) is 5.84. The Kier molecular flexibility index (Phi) is 5.30. The van der Waals surface area contributed by atoms with Gasteiger partial charge in [0.05, 0.1) is 17.7 Å². The number of aliphatic hydroxyl groups excluding tert-OH is 1. The van der Waals surface area contributed by atoms with Gasteiger partial charge in [-0.2, -0.15) is 0 Å². The molecule has 2 fully saturated rings. The lowest BCUT2D eigenvalue weighted by Crippen LogP contribution is -2.47. The van der Waals surface area contributed by atoms with Crippen LogP contribution in [0, 0.1) is 11.8 Å². The number of aromatic nitrogens is 3. The second-order valence-corrected chi connectivity index (χ2v) is 9.50. The molecular formula is C25H27N5O4. The third-order valence-corrected chi connectivity index (χ3v) is 7.74. The van der Waals surface area contributed by atoms with Crippen molar-refractivity contribution >= 4 is 5.91 Å². The van der Waals surface area contributed by atoms with Crippen LogP contribution in [-0.2, 0) is 17.9 Å². The summed E-state index contributed by atoms with van der Waals surface area (Å²) in [6, 6.07) is 7.12. The highest BCUT2D eigenvalue weighted by Gasteiger charge is 2.56. The van der Waals surface area contributed by atoms with E-state index in [0.29, 0.717) is 18.7 Å². The van der Waals surface area contributed by atoms with Gasteiger partial charge in [0.1, 0.15) is 6.26 Å². The monoisotopic (exact) mass is 461 g/mol. The number of fused-ring (bicyclic) bond motifs is 4. The number of carbonyl (C=O) groups is 1. The molecule has 1 amide bonds. The minimum Gasteiger partial charge on any atom is -0.451 e. The van der Waals surface area contributed by atoms with Crippen molar-refractivity contribution in [2.24, 2.45) is 11.8 Å². The molecule has 9 nitrogen and oxygen atoms in total. The van der Waals surface area contributed by atoms with Gasteiger partial charge in [-0.15, -0.1) is 0 Å². The molecular weight excluding hydrogens is 434 g/mol. The smallest absolute Gasteiger partial charge is 0.258 e. The van der Waals surface area contributed by atoms with Crippen molar-refractivity contribution in [3.8, 4) is 11.1 Å². The fraction of sp³-hybridized carbons (Fsp3) is 0.440. The van der Waals surface area contributed by atoms with Gasteiger partial charge in [0.15, 0.2) is 6.39 Å². The lowest BCUT2D eigenvalue weighted by molar-refractivity contribution is -0.128. The summed E-state index contributed by atoms with van der Waals surface area (Å²) in [6.45, 7) is 0.759. The fourth-order valence-corrected chi connectivity index (χ4v) is 5.84. The Labute approximate surface area is 196 Å². The van der Waals surface area contributed by atoms with Crippen LogP contribution in [0.3, 0.4) is 0 Å². The molecule has 3 aliphatic rings. The van der Waals surface area contributed by atoms with Crippen molar-refractivity contribution in [2.45, 2.75) is 50.5 Å². The molecule has 1 saturated carbocycles. The lowest BCUT2D eigenvalue weighted by atomic mass is 9.85. The molecule has 2 N–H and O–H groups in total. The number of aliphatic hydroxyl groups is 1. The summed E-state index contributed by atoms with van der Waals surface area (Å²) in [6.07, 6.45) is 9.44. The molecule has 1 aliphatic carbocycles. The van der Waals surface area contributed by atoms with Crippen LogP contribution < -0.4 is 10.9 Å². The third kappa shape index (κ3) is 3.38. The Morgan fingerprint density at radius 2 is 2.03 bits per heavy atom. The van der Waals surface area contributed by atoms with E-state index in [4.69, 9.17) is 4.42 Å². The molecule has 0 radical (unpaired) electrons. The van der Waals surface area contributed by atoms with Crippen molar-refractivity contribution in [3.05, 3.63) is 71.1 Å².